The van der Waals surface area contributed by atoms with Gasteiger partial charge in [0, 0.05) is 28.7 Å². The van der Waals surface area contributed by atoms with Gasteiger partial charge < -0.3 is 5.32 Å². The van der Waals surface area contributed by atoms with E-state index >= 15 is 0 Å². The fraction of sp³-hybridized carbons (Fsp3) is 0.238. The van der Waals surface area contributed by atoms with E-state index in [1.54, 1.807) is 24.3 Å². The molecule has 11 heteroatoms. The molecule has 3 aromatic heterocycles. The zero-order valence-corrected chi connectivity index (χ0v) is 17.7. The van der Waals surface area contributed by atoms with Crippen molar-refractivity contribution in [1.29, 1.82) is 0 Å². The fourth-order valence-corrected chi connectivity index (χ4v) is 3.94. The molecule has 166 valence electrons. The highest BCUT2D eigenvalue weighted by molar-refractivity contribution is 7.09. The molecule has 0 unspecified atom stereocenters. The number of alkyl halides is 3. The van der Waals surface area contributed by atoms with Crippen LogP contribution in [0.1, 0.15) is 16.1 Å². The van der Waals surface area contributed by atoms with E-state index in [4.69, 9.17) is 0 Å². The van der Waals surface area contributed by atoms with Crippen LogP contribution in [0.2, 0.25) is 0 Å². The molecule has 3 heterocycles. The van der Waals surface area contributed by atoms with E-state index in [9.17, 15) is 22.8 Å². The summed E-state index contributed by atoms with van der Waals surface area (Å²) in [5, 5.41) is 8.91. The minimum atomic E-state index is -4.47. The zero-order valence-electron chi connectivity index (χ0n) is 16.9. The number of halogens is 3. The largest absolute Gasteiger partial charge is 0.416 e. The highest BCUT2D eigenvalue weighted by atomic mass is 32.1. The van der Waals surface area contributed by atoms with Crippen LogP contribution in [0.5, 0.6) is 0 Å². The van der Waals surface area contributed by atoms with Crippen LogP contribution in [0, 0.1) is 6.92 Å². The van der Waals surface area contributed by atoms with Gasteiger partial charge in [0.1, 0.15) is 12.4 Å². The predicted molar refractivity (Wildman–Crippen MR) is 113 cm³/mol. The summed E-state index contributed by atoms with van der Waals surface area (Å²) in [6.45, 7) is 1.84. The number of nitrogens with one attached hydrogen (secondary N) is 1. The van der Waals surface area contributed by atoms with Crippen molar-refractivity contribution >= 4 is 22.9 Å². The monoisotopic (exact) mass is 461 g/mol. The number of benzene rings is 1. The lowest BCUT2D eigenvalue weighted by Gasteiger charge is -2.08. The third-order valence-electron chi connectivity index (χ3n) is 4.73. The van der Waals surface area contributed by atoms with Crippen LogP contribution in [0.3, 0.4) is 0 Å². The lowest BCUT2D eigenvalue weighted by Crippen LogP contribution is -2.33. The zero-order chi connectivity index (χ0) is 22.9. The van der Waals surface area contributed by atoms with Crippen LogP contribution in [-0.2, 0) is 23.9 Å². The first-order chi connectivity index (χ1) is 15.2. The number of aromatic nitrogens is 4. The number of carbonyl (C=O) groups excluding carboxylic acids is 1. The van der Waals surface area contributed by atoms with Crippen molar-refractivity contribution in [3.63, 3.8) is 0 Å². The first-order valence-electron chi connectivity index (χ1n) is 9.66. The molecule has 0 atom stereocenters. The molecule has 0 bridgehead atoms. The number of fused-ring (bicyclic) bond motifs is 1. The van der Waals surface area contributed by atoms with Crippen molar-refractivity contribution in [3.8, 4) is 11.4 Å². The molecule has 0 aliphatic rings. The maximum atomic E-state index is 12.9. The Morgan fingerprint density at radius 2 is 1.94 bits per heavy atom. The van der Waals surface area contributed by atoms with Crippen LogP contribution < -0.4 is 11.0 Å². The standard InChI is InChI=1S/C21H18F3N5O2S/c1-13-11-17-27-28(12-18(30)25-9-8-16-3-2-10-32-16)20(31)29(17)19(26-13)14-4-6-15(7-5-14)21(22,23)24/h2-7,10-11H,8-9,12H2,1H3,(H,25,30). The van der Waals surface area contributed by atoms with E-state index in [1.807, 2.05) is 17.5 Å². The lowest BCUT2D eigenvalue weighted by molar-refractivity contribution is -0.137. The van der Waals surface area contributed by atoms with Crippen LogP contribution >= 0.6 is 11.3 Å². The second kappa shape index (κ2) is 8.58. The quantitative estimate of drug-likeness (QED) is 0.478. The molecule has 7 nitrogen and oxygen atoms in total. The van der Waals surface area contributed by atoms with Gasteiger partial charge in [0.2, 0.25) is 5.91 Å². The normalized spacial score (nSPS) is 11.8. The van der Waals surface area contributed by atoms with Crippen LogP contribution in [0.25, 0.3) is 17.0 Å². The van der Waals surface area contributed by atoms with Crippen molar-refractivity contribution in [2.24, 2.45) is 0 Å². The van der Waals surface area contributed by atoms with Gasteiger partial charge in [-0.1, -0.05) is 18.2 Å². The second-order valence-corrected chi connectivity index (χ2v) is 8.14. The van der Waals surface area contributed by atoms with Gasteiger partial charge in [-0.15, -0.1) is 16.4 Å². The Labute approximate surface area is 184 Å². The number of aryl methyl sites for hydroxylation is 1. The third kappa shape index (κ3) is 4.57. The first-order valence-corrected chi connectivity index (χ1v) is 10.5. The first kappa shape index (κ1) is 21.8. The number of thiophene rings is 1. The molecule has 0 saturated heterocycles. The Hall–Kier alpha value is -3.47. The van der Waals surface area contributed by atoms with Gasteiger partial charge in [-0.25, -0.2) is 18.9 Å². The summed E-state index contributed by atoms with van der Waals surface area (Å²) >= 11 is 1.60. The topological polar surface area (TPSA) is 81.3 Å². The summed E-state index contributed by atoms with van der Waals surface area (Å²) < 4.78 is 40.8. The Morgan fingerprint density at radius 3 is 2.59 bits per heavy atom. The van der Waals surface area contributed by atoms with Crippen molar-refractivity contribution in [3.05, 3.63) is 74.5 Å². The van der Waals surface area contributed by atoms with Crippen molar-refractivity contribution < 1.29 is 18.0 Å². The fourth-order valence-electron chi connectivity index (χ4n) is 3.23. The van der Waals surface area contributed by atoms with E-state index in [2.05, 4.69) is 15.4 Å². The maximum absolute atomic E-state index is 12.9. The molecule has 4 rings (SSSR count). The average molecular weight is 461 g/mol. The molecule has 1 aromatic carbocycles. The van der Waals surface area contributed by atoms with Gasteiger partial charge >= 0.3 is 11.9 Å². The highest BCUT2D eigenvalue weighted by Gasteiger charge is 2.30. The summed E-state index contributed by atoms with van der Waals surface area (Å²) in [4.78, 5) is 30.7. The Morgan fingerprint density at radius 1 is 1.19 bits per heavy atom. The number of rotatable bonds is 6. The summed E-state index contributed by atoms with van der Waals surface area (Å²) in [5.41, 5.74) is -0.286. The minimum Gasteiger partial charge on any atom is -0.354 e. The maximum Gasteiger partial charge on any atom is 0.416 e. The van der Waals surface area contributed by atoms with Gasteiger partial charge in [-0.05, 0) is 36.9 Å². The van der Waals surface area contributed by atoms with Crippen molar-refractivity contribution in [2.45, 2.75) is 26.1 Å². The summed E-state index contributed by atoms with van der Waals surface area (Å²) in [6, 6.07) is 9.85. The van der Waals surface area contributed by atoms with E-state index in [0.29, 0.717) is 24.2 Å². The third-order valence-corrected chi connectivity index (χ3v) is 5.67. The molecule has 0 aliphatic carbocycles. The summed E-state index contributed by atoms with van der Waals surface area (Å²) in [5.74, 6) is -0.212. The highest BCUT2D eigenvalue weighted by Crippen LogP contribution is 2.30. The second-order valence-electron chi connectivity index (χ2n) is 7.11. The van der Waals surface area contributed by atoms with Crippen molar-refractivity contribution in [1.82, 2.24) is 24.5 Å². The van der Waals surface area contributed by atoms with E-state index < -0.39 is 17.4 Å². The smallest absolute Gasteiger partial charge is 0.354 e. The molecule has 0 spiro atoms. The van der Waals surface area contributed by atoms with E-state index in [-0.39, 0.29) is 23.9 Å². The molecule has 1 amide bonds. The molecule has 0 radical (unpaired) electrons. The Bertz CT molecular complexity index is 1310. The number of hydrogen-bond donors (Lipinski definition) is 1. The molecule has 0 fully saturated rings. The Balaban J connectivity index is 1.59. The lowest BCUT2D eigenvalue weighted by atomic mass is 10.1. The molecule has 1 N–H and O–H groups in total. The molecule has 0 aliphatic heterocycles. The van der Waals surface area contributed by atoms with Crippen LogP contribution in [-0.4, -0.2) is 31.6 Å². The molecule has 32 heavy (non-hydrogen) atoms. The van der Waals surface area contributed by atoms with Crippen LogP contribution in [0.4, 0.5) is 13.2 Å². The number of hydrogen-bond acceptors (Lipinski definition) is 5. The number of nitrogens with zero attached hydrogens (tertiary/aromatic N) is 4. The molecule has 4 aromatic rings. The number of carbonyl (C=O) groups is 1. The van der Waals surface area contributed by atoms with Gasteiger partial charge in [-0.2, -0.15) is 13.2 Å². The predicted octanol–water partition coefficient (Wildman–Crippen LogP) is 3.31. The number of amides is 1. The summed E-state index contributed by atoms with van der Waals surface area (Å²) in [7, 11) is 0. The van der Waals surface area contributed by atoms with Crippen molar-refractivity contribution in [2.75, 3.05) is 6.54 Å². The van der Waals surface area contributed by atoms with Crippen LogP contribution in [0.15, 0.2) is 52.6 Å². The van der Waals surface area contributed by atoms with E-state index in [0.717, 1.165) is 21.7 Å². The Kier molecular flexibility index (Phi) is 5.83. The van der Waals surface area contributed by atoms with Gasteiger partial charge in [0.15, 0.2) is 5.65 Å². The molecular formula is C21H18F3N5O2S. The minimum absolute atomic E-state index is 0.156. The van der Waals surface area contributed by atoms with Gasteiger partial charge in [0.25, 0.3) is 0 Å². The molecular weight excluding hydrogens is 443 g/mol. The average Bonchev–Trinajstić information content (AvgIpc) is 3.35. The summed E-state index contributed by atoms with van der Waals surface area (Å²) in [6.07, 6.45) is -3.78. The van der Waals surface area contributed by atoms with Gasteiger partial charge in [-0.3, -0.25) is 4.79 Å². The SMILES string of the molecule is Cc1cc2nn(CC(=O)NCCc3cccs3)c(=O)n2c(-c2ccc(C(F)(F)F)cc2)n1. The van der Waals surface area contributed by atoms with E-state index in [1.165, 1.54) is 16.5 Å². The van der Waals surface area contributed by atoms with Gasteiger partial charge in [0.05, 0.1) is 5.56 Å². The molecule has 0 saturated carbocycles.